The molecule has 22 heavy (non-hydrogen) atoms. The van der Waals surface area contributed by atoms with Gasteiger partial charge in [0.1, 0.15) is 4.90 Å². The monoisotopic (exact) mass is 322 g/mol. The van der Waals surface area contributed by atoms with Gasteiger partial charge in [-0.25, -0.2) is 13.6 Å². The van der Waals surface area contributed by atoms with E-state index in [1.54, 1.807) is 12.1 Å². The average Bonchev–Trinajstić information content (AvgIpc) is 2.37. The minimum absolute atomic E-state index is 0.0944. The van der Waals surface area contributed by atoms with Crippen molar-refractivity contribution in [1.82, 2.24) is 0 Å². The molecule has 0 saturated heterocycles. The molecule has 118 valence electrons. The Morgan fingerprint density at radius 3 is 2.18 bits per heavy atom. The second kappa shape index (κ2) is 7.58. The number of sulfonamides is 1. The molecule has 2 rings (SSSR count). The Balaban J connectivity index is 0.000000541. The molecule has 0 saturated carbocycles. The molecule has 2 aromatic carbocycles. The van der Waals surface area contributed by atoms with Gasteiger partial charge in [-0.05, 0) is 36.8 Å². The van der Waals surface area contributed by atoms with Crippen molar-refractivity contribution >= 4 is 27.4 Å². The summed E-state index contributed by atoms with van der Waals surface area (Å²) in [6, 6.07) is 14.3. The number of carboxylic acid groups (broad SMARTS) is 1. The first-order valence-corrected chi connectivity index (χ1v) is 7.90. The first kappa shape index (κ1) is 17.7. The van der Waals surface area contributed by atoms with Crippen molar-refractivity contribution < 1.29 is 18.3 Å². The van der Waals surface area contributed by atoms with Crippen LogP contribution in [-0.4, -0.2) is 19.5 Å². The molecular weight excluding hydrogens is 304 g/mol. The lowest BCUT2D eigenvalue weighted by molar-refractivity contribution is -0.134. The molecule has 7 heteroatoms. The first-order valence-electron chi connectivity index (χ1n) is 6.35. The number of aryl methyl sites for hydroxylation is 1. The van der Waals surface area contributed by atoms with Gasteiger partial charge in [0.15, 0.2) is 0 Å². The number of hydrogen-bond acceptors (Lipinski definition) is 4. The number of nitrogens with one attached hydrogen (secondary N) is 1. The van der Waals surface area contributed by atoms with E-state index in [2.05, 4.69) is 5.32 Å². The largest absolute Gasteiger partial charge is 0.481 e. The third-order valence-corrected chi connectivity index (χ3v) is 3.46. The summed E-state index contributed by atoms with van der Waals surface area (Å²) in [5, 5.41) is 15.7. The molecule has 2 aromatic rings. The summed E-state index contributed by atoms with van der Waals surface area (Å²) in [6.07, 6.45) is 0. The summed E-state index contributed by atoms with van der Waals surface area (Å²) in [7, 11) is -3.73. The molecule has 0 heterocycles. The predicted octanol–water partition coefficient (Wildman–Crippen LogP) is 2.48. The van der Waals surface area contributed by atoms with Gasteiger partial charge in [0, 0.05) is 12.6 Å². The van der Waals surface area contributed by atoms with Gasteiger partial charge in [-0.2, -0.15) is 0 Å². The number of carboxylic acids is 1. The van der Waals surface area contributed by atoms with Gasteiger partial charge >= 0.3 is 0 Å². The van der Waals surface area contributed by atoms with Crippen LogP contribution in [0.1, 0.15) is 12.5 Å². The lowest BCUT2D eigenvalue weighted by Crippen LogP contribution is -2.14. The lowest BCUT2D eigenvalue weighted by Gasteiger charge is -2.11. The highest BCUT2D eigenvalue weighted by molar-refractivity contribution is 7.89. The van der Waals surface area contributed by atoms with Crippen LogP contribution in [0.4, 0.5) is 11.4 Å². The quantitative estimate of drug-likeness (QED) is 0.804. The van der Waals surface area contributed by atoms with E-state index in [1.165, 1.54) is 6.07 Å². The third-order valence-electron chi connectivity index (χ3n) is 2.49. The fraction of sp³-hybridized carbons (Fsp3) is 0.133. The summed E-state index contributed by atoms with van der Waals surface area (Å²) in [6.45, 7) is 2.98. The highest BCUT2D eigenvalue weighted by atomic mass is 32.2. The predicted molar refractivity (Wildman–Crippen MR) is 85.6 cm³/mol. The van der Waals surface area contributed by atoms with Gasteiger partial charge in [-0.15, -0.1) is 0 Å². The maximum Gasteiger partial charge on any atom is 0.300 e. The van der Waals surface area contributed by atoms with Crippen LogP contribution in [0, 0.1) is 6.92 Å². The summed E-state index contributed by atoms with van der Waals surface area (Å²) < 4.78 is 23.0. The number of hydrogen-bond donors (Lipinski definition) is 3. The second-order valence-electron chi connectivity index (χ2n) is 4.55. The minimum atomic E-state index is -3.73. The van der Waals surface area contributed by atoms with Gasteiger partial charge in [0.25, 0.3) is 5.97 Å². The maximum atomic E-state index is 11.5. The van der Waals surface area contributed by atoms with E-state index >= 15 is 0 Å². The number of carbonyl (C=O) groups is 1. The smallest absolute Gasteiger partial charge is 0.300 e. The van der Waals surface area contributed by atoms with E-state index in [0.29, 0.717) is 5.69 Å². The molecule has 0 unspecified atom stereocenters. The Kier molecular flexibility index (Phi) is 6.09. The normalized spacial score (nSPS) is 10.3. The minimum Gasteiger partial charge on any atom is -0.481 e. The molecule has 0 spiro atoms. The van der Waals surface area contributed by atoms with Crippen molar-refractivity contribution in [2.24, 2.45) is 5.14 Å². The van der Waals surface area contributed by atoms with Crippen molar-refractivity contribution in [2.45, 2.75) is 18.7 Å². The van der Waals surface area contributed by atoms with E-state index in [-0.39, 0.29) is 4.90 Å². The van der Waals surface area contributed by atoms with Crippen LogP contribution in [0.3, 0.4) is 0 Å². The van der Waals surface area contributed by atoms with Crippen LogP contribution in [0.5, 0.6) is 0 Å². The van der Waals surface area contributed by atoms with Crippen LogP contribution in [-0.2, 0) is 14.8 Å². The Morgan fingerprint density at radius 2 is 1.68 bits per heavy atom. The Bertz CT molecular complexity index is 739. The highest BCUT2D eigenvalue weighted by Gasteiger charge is 2.13. The Morgan fingerprint density at radius 1 is 1.14 bits per heavy atom. The molecule has 0 aliphatic heterocycles. The standard InChI is InChI=1S/C13H14N2O2S.C2H4O2/c1-10-7-8-13(18(14,16)17)12(9-10)15-11-5-3-2-4-6-11;1-2(3)4/h2-9,15H,1H3,(H2,14,16,17);1H3,(H,3,4). The van der Waals surface area contributed by atoms with Crippen LogP contribution < -0.4 is 10.5 Å². The molecular formula is C15H18N2O4S. The van der Waals surface area contributed by atoms with E-state index in [0.717, 1.165) is 18.2 Å². The number of primary sulfonamides is 1. The van der Waals surface area contributed by atoms with Crippen molar-refractivity contribution in [1.29, 1.82) is 0 Å². The topological polar surface area (TPSA) is 109 Å². The molecule has 0 aliphatic carbocycles. The summed E-state index contributed by atoms with van der Waals surface area (Å²) in [5.41, 5.74) is 2.26. The first-order chi connectivity index (χ1) is 10.2. The number of para-hydroxylation sites is 1. The number of nitrogens with two attached hydrogens (primary N) is 1. The van der Waals surface area contributed by atoms with Gasteiger partial charge in [0.05, 0.1) is 5.69 Å². The van der Waals surface area contributed by atoms with Crippen LogP contribution >= 0.6 is 0 Å². The van der Waals surface area contributed by atoms with E-state index in [9.17, 15) is 8.42 Å². The zero-order valence-corrected chi connectivity index (χ0v) is 13.1. The van der Waals surface area contributed by atoms with Gasteiger partial charge in [-0.3, -0.25) is 4.79 Å². The zero-order chi connectivity index (χ0) is 16.8. The number of anilines is 2. The van der Waals surface area contributed by atoms with Crippen LogP contribution in [0.25, 0.3) is 0 Å². The molecule has 0 bridgehead atoms. The van der Waals surface area contributed by atoms with Gasteiger partial charge in [0.2, 0.25) is 10.0 Å². The van der Waals surface area contributed by atoms with Gasteiger partial charge < -0.3 is 10.4 Å². The van der Waals surface area contributed by atoms with E-state index in [1.807, 2.05) is 37.3 Å². The van der Waals surface area contributed by atoms with Crippen molar-refractivity contribution in [3.63, 3.8) is 0 Å². The number of rotatable bonds is 3. The number of aliphatic carboxylic acids is 1. The average molecular weight is 322 g/mol. The molecule has 0 aromatic heterocycles. The fourth-order valence-electron chi connectivity index (χ4n) is 1.67. The molecule has 6 nitrogen and oxygen atoms in total. The van der Waals surface area contributed by atoms with Crippen LogP contribution in [0.15, 0.2) is 53.4 Å². The summed E-state index contributed by atoms with van der Waals surface area (Å²) in [4.78, 5) is 9.09. The van der Waals surface area contributed by atoms with Crippen molar-refractivity contribution in [3.8, 4) is 0 Å². The molecule has 4 N–H and O–H groups in total. The fourth-order valence-corrected chi connectivity index (χ4v) is 2.34. The molecule has 0 atom stereocenters. The maximum absolute atomic E-state index is 11.5. The molecule has 0 radical (unpaired) electrons. The number of benzene rings is 2. The van der Waals surface area contributed by atoms with E-state index < -0.39 is 16.0 Å². The van der Waals surface area contributed by atoms with Crippen LogP contribution in [0.2, 0.25) is 0 Å². The van der Waals surface area contributed by atoms with E-state index in [4.69, 9.17) is 15.0 Å². The third kappa shape index (κ3) is 5.94. The zero-order valence-electron chi connectivity index (χ0n) is 12.3. The van der Waals surface area contributed by atoms with Gasteiger partial charge in [-0.1, -0.05) is 24.3 Å². The van der Waals surface area contributed by atoms with Crippen molar-refractivity contribution in [3.05, 3.63) is 54.1 Å². The lowest BCUT2D eigenvalue weighted by atomic mass is 10.2. The molecule has 0 amide bonds. The SMILES string of the molecule is CC(=O)O.Cc1ccc(S(N)(=O)=O)c(Nc2ccccc2)c1. The summed E-state index contributed by atoms with van der Waals surface area (Å²) in [5.74, 6) is -0.833. The Hall–Kier alpha value is -2.38. The van der Waals surface area contributed by atoms with Crippen molar-refractivity contribution in [2.75, 3.05) is 5.32 Å². The molecule has 0 aliphatic rings. The highest BCUT2D eigenvalue weighted by Crippen LogP contribution is 2.25. The molecule has 0 fully saturated rings. The second-order valence-corrected chi connectivity index (χ2v) is 6.08. The Labute approximate surface area is 129 Å². The summed E-state index contributed by atoms with van der Waals surface area (Å²) >= 11 is 0.